The molecule has 1 amide bonds. The molecule has 1 aromatic rings. The normalized spacial score (nSPS) is 10.3. The van der Waals surface area contributed by atoms with Gasteiger partial charge in [-0.3, -0.25) is 4.79 Å². The van der Waals surface area contributed by atoms with Crippen molar-refractivity contribution in [3.8, 4) is 6.07 Å². The monoisotopic (exact) mass is 276 g/mol. The summed E-state index contributed by atoms with van der Waals surface area (Å²) >= 11 is 0. The second-order valence-electron chi connectivity index (χ2n) is 4.52. The number of carbonyl (C=O) groups is 1. The van der Waals surface area contributed by atoms with Crippen LogP contribution >= 0.6 is 0 Å². The topological polar surface area (TPSA) is 71.3 Å². The van der Waals surface area contributed by atoms with Gasteiger partial charge in [0.1, 0.15) is 0 Å². The number of nitrogens with one attached hydrogen (secondary N) is 1. The lowest BCUT2D eigenvalue weighted by Crippen LogP contribution is -2.16. The Kier molecular flexibility index (Phi) is 7.33. The molecule has 0 saturated heterocycles. The van der Waals surface area contributed by atoms with Crippen molar-refractivity contribution in [2.45, 2.75) is 26.4 Å². The Labute approximate surface area is 119 Å². The van der Waals surface area contributed by atoms with E-state index in [4.69, 9.17) is 14.7 Å². The van der Waals surface area contributed by atoms with Gasteiger partial charge in [-0.1, -0.05) is 0 Å². The summed E-state index contributed by atoms with van der Waals surface area (Å²) in [7, 11) is 0. The van der Waals surface area contributed by atoms with E-state index in [1.54, 1.807) is 24.3 Å². The van der Waals surface area contributed by atoms with Crippen LogP contribution in [0.25, 0.3) is 0 Å². The molecule has 5 heteroatoms. The summed E-state index contributed by atoms with van der Waals surface area (Å²) in [5, 5.41) is 11.4. The largest absolute Gasteiger partial charge is 0.379 e. The van der Waals surface area contributed by atoms with Crippen molar-refractivity contribution in [2.24, 2.45) is 0 Å². The summed E-state index contributed by atoms with van der Waals surface area (Å²) in [5.74, 6) is -0.112. The third-order valence-corrected chi connectivity index (χ3v) is 2.45. The predicted molar refractivity (Wildman–Crippen MR) is 76.3 cm³/mol. The minimum Gasteiger partial charge on any atom is -0.379 e. The average molecular weight is 276 g/mol. The van der Waals surface area contributed by atoms with Crippen molar-refractivity contribution in [3.63, 3.8) is 0 Å². The highest BCUT2D eigenvalue weighted by Gasteiger charge is 2.02. The van der Waals surface area contributed by atoms with E-state index in [0.717, 1.165) is 0 Å². The number of nitriles is 1. The van der Waals surface area contributed by atoms with Crippen LogP contribution in [0.1, 0.15) is 25.8 Å². The Balaban J connectivity index is 2.15. The number of ether oxygens (including phenoxy) is 2. The Hall–Kier alpha value is -1.90. The summed E-state index contributed by atoms with van der Waals surface area (Å²) in [6, 6.07) is 8.75. The van der Waals surface area contributed by atoms with Gasteiger partial charge in [-0.15, -0.1) is 0 Å². The van der Waals surface area contributed by atoms with Crippen molar-refractivity contribution in [2.75, 3.05) is 25.1 Å². The van der Waals surface area contributed by atoms with Crippen LogP contribution in [0, 0.1) is 11.3 Å². The number of carbonyl (C=O) groups excluding carboxylic acids is 1. The molecule has 0 aliphatic rings. The van der Waals surface area contributed by atoms with E-state index in [-0.39, 0.29) is 12.0 Å². The first kappa shape index (κ1) is 16.2. The van der Waals surface area contributed by atoms with E-state index in [1.165, 1.54) is 0 Å². The Morgan fingerprint density at radius 3 is 2.55 bits per heavy atom. The van der Waals surface area contributed by atoms with Crippen LogP contribution in [0.3, 0.4) is 0 Å². The lowest BCUT2D eigenvalue weighted by atomic mass is 10.2. The molecular formula is C15H20N2O3. The summed E-state index contributed by atoms with van der Waals surface area (Å²) in [4.78, 5) is 11.6. The average Bonchev–Trinajstić information content (AvgIpc) is 2.43. The molecule has 5 nitrogen and oxygen atoms in total. The van der Waals surface area contributed by atoms with E-state index >= 15 is 0 Å². The Morgan fingerprint density at radius 1 is 1.25 bits per heavy atom. The van der Waals surface area contributed by atoms with Crippen LogP contribution in [-0.2, 0) is 14.3 Å². The molecule has 0 aliphatic heterocycles. The molecule has 0 heterocycles. The van der Waals surface area contributed by atoms with E-state index in [9.17, 15) is 4.79 Å². The van der Waals surface area contributed by atoms with Gasteiger partial charge in [0.2, 0.25) is 5.91 Å². The summed E-state index contributed by atoms with van der Waals surface area (Å²) < 4.78 is 10.6. The highest BCUT2D eigenvalue weighted by molar-refractivity contribution is 5.90. The number of amides is 1. The number of nitrogens with zero attached hydrogens (tertiary/aromatic N) is 1. The van der Waals surface area contributed by atoms with Crippen molar-refractivity contribution >= 4 is 11.6 Å². The molecule has 1 aromatic carbocycles. The maximum atomic E-state index is 11.6. The van der Waals surface area contributed by atoms with Crippen molar-refractivity contribution in [3.05, 3.63) is 29.8 Å². The fraction of sp³-hybridized carbons (Fsp3) is 0.467. The highest BCUT2D eigenvalue weighted by Crippen LogP contribution is 2.08. The van der Waals surface area contributed by atoms with Crippen LogP contribution in [0.2, 0.25) is 0 Å². The number of benzene rings is 1. The van der Waals surface area contributed by atoms with Gasteiger partial charge in [-0.25, -0.2) is 0 Å². The fourth-order valence-electron chi connectivity index (χ4n) is 1.46. The number of rotatable bonds is 8. The third-order valence-electron chi connectivity index (χ3n) is 2.45. The summed E-state index contributed by atoms with van der Waals surface area (Å²) in [6.45, 7) is 5.32. The van der Waals surface area contributed by atoms with Crippen LogP contribution in [-0.4, -0.2) is 31.8 Å². The molecule has 0 spiro atoms. The molecule has 0 unspecified atom stereocenters. The lowest BCUT2D eigenvalue weighted by Gasteiger charge is -2.08. The molecule has 1 N–H and O–H groups in total. The molecule has 0 fully saturated rings. The van der Waals surface area contributed by atoms with Gasteiger partial charge in [0.15, 0.2) is 0 Å². The quantitative estimate of drug-likeness (QED) is 0.740. The van der Waals surface area contributed by atoms with Gasteiger partial charge < -0.3 is 14.8 Å². The molecule has 108 valence electrons. The first-order chi connectivity index (χ1) is 9.61. The van der Waals surface area contributed by atoms with Gasteiger partial charge in [-0.05, 0) is 38.1 Å². The second-order valence-corrected chi connectivity index (χ2v) is 4.52. The van der Waals surface area contributed by atoms with Crippen molar-refractivity contribution in [1.29, 1.82) is 5.26 Å². The predicted octanol–water partition coefficient (Wildman–Crippen LogP) is 2.33. The standard InChI is InChI=1S/C15H20N2O3/c1-12(2)20-10-9-19-8-7-15(18)17-14-5-3-13(11-16)4-6-14/h3-6,12H,7-10H2,1-2H3,(H,17,18). The Bertz CT molecular complexity index is 449. The zero-order valence-electron chi connectivity index (χ0n) is 11.9. The smallest absolute Gasteiger partial charge is 0.226 e. The summed E-state index contributed by atoms with van der Waals surface area (Å²) in [5.41, 5.74) is 1.24. The number of hydrogen-bond donors (Lipinski definition) is 1. The van der Waals surface area contributed by atoms with E-state index in [1.807, 2.05) is 19.9 Å². The molecule has 0 radical (unpaired) electrons. The Morgan fingerprint density at radius 2 is 1.95 bits per heavy atom. The van der Waals surface area contributed by atoms with Crippen LogP contribution in [0.4, 0.5) is 5.69 Å². The van der Waals surface area contributed by atoms with Crippen LogP contribution in [0.15, 0.2) is 24.3 Å². The zero-order chi connectivity index (χ0) is 14.8. The molecule has 0 atom stereocenters. The van der Waals surface area contributed by atoms with Gasteiger partial charge in [0, 0.05) is 5.69 Å². The van der Waals surface area contributed by atoms with E-state index < -0.39 is 0 Å². The minimum atomic E-state index is -0.112. The maximum Gasteiger partial charge on any atom is 0.226 e. The molecule has 0 bridgehead atoms. The van der Waals surface area contributed by atoms with Crippen LogP contribution in [0.5, 0.6) is 0 Å². The van der Waals surface area contributed by atoms with Crippen molar-refractivity contribution < 1.29 is 14.3 Å². The second kappa shape index (κ2) is 9.08. The minimum absolute atomic E-state index is 0.112. The maximum absolute atomic E-state index is 11.6. The summed E-state index contributed by atoms with van der Waals surface area (Å²) in [6.07, 6.45) is 0.486. The zero-order valence-corrected chi connectivity index (χ0v) is 11.9. The fourth-order valence-corrected chi connectivity index (χ4v) is 1.46. The lowest BCUT2D eigenvalue weighted by molar-refractivity contribution is -0.117. The molecule has 0 aliphatic carbocycles. The highest BCUT2D eigenvalue weighted by atomic mass is 16.5. The first-order valence-corrected chi connectivity index (χ1v) is 6.61. The van der Waals surface area contributed by atoms with Crippen LogP contribution < -0.4 is 5.32 Å². The van der Waals surface area contributed by atoms with Gasteiger partial charge >= 0.3 is 0 Å². The molecule has 1 rings (SSSR count). The SMILES string of the molecule is CC(C)OCCOCCC(=O)Nc1ccc(C#N)cc1. The molecule has 0 aromatic heterocycles. The molecule has 0 saturated carbocycles. The number of hydrogen-bond acceptors (Lipinski definition) is 4. The molecular weight excluding hydrogens is 256 g/mol. The van der Waals surface area contributed by atoms with Gasteiger partial charge in [0.05, 0.1) is 44.0 Å². The third kappa shape index (κ3) is 6.88. The van der Waals surface area contributed by atoms with E-state index in [2.05, 4.69) is 5.32 Å². The van der Waals surface area contributed by atoms with E-state index in [0.29, 0.717) is 37.5 Å². The number of anilines is 1. The first-order valence-electron chi connectivity index (χ1n) is 6.61. The van der Waals surface area contributed by atoms with Gasteiger partial charge in [0.25, 0.3) is 0 Å². The van der Waals surface area contributed by atoms with Crippen molar-refractivity contribution in [1.82, 2.24) is 0 Å². The van der Waals surface area contributed by atoms with Gasteiger partial charge in [-0.2, -0.15) is 5.26 Å². The molecule has 20 heavy (non-hydrogen) atoms.